The van der Waals surface area contributed by atoms with Gasteiger partial charge in [0.15, 0.2) is 0 Å². The minimum absolute atomic E-state index is 0.0197. The Balaban J connectivity index is 1.98. The first-order chi connectivity index (χ1) is 13.4. The Bertz CT molecular complexity index is 821. The fraction of sp³-hybridized carbons (Fsp3) is 0.333. The number of nitrogens with one attached hydrogen (secondary N) is 2. The van der Waals surface area contributed by atoms with Crippen LogP contribution in [0, 0.1) is 0 Å². The Morgan fingerprint density at radius 1 is 0.929 bits per heavy atom. The standard InChI is InChI=1S/C21H25Cl2N3O2/c1-3-10-26(11-4-2)21(28)15-6-5-7-17(12-15)25-20(27)14-24-16-8-9-18(22)19(23)13-16/h5-9,12-13,24H,3-4,10-11,14H2,1-2H3,(H,25,27). The molecule has 0 radical (unpaired) electrons. The summed E-state index contributed by atoms with van der Waals surface area (Å²) in [5.41, 5.74) is 1.85. The number of amides is 2. The maximum absolute atomic E-state index is 12.7. The van der Waals surface area contributed by atoms with Crippen LogP contribution in [-0.4, -0.2) is 36.3 Å². The molecule has 2 rings (SSSR count). The number of nitrogens with zero attached hydrogens (tertiary/aromatic N) is 1. The van der Waals surface area contributed by atoms with Crippen molar-refractivity contribution < 1.29 is 9.59 Å². The van der Waals surface area contributed by atoms with E-state index < -0.39 is 0 Å². The molecule has 5 nitrogen and oxygen atoms in total. The van der Waals surface area contributed by atoms with E-state index in [9.17, 15) is 9.59 Å². The fourth-order valence-electron chi connectivity index (χ4n) is 2.76. The lowest BCUT2D eigenvalue weighted by molar-refractivity contribution is -0.114. The van der Waals surface area contributed by atoms with Crippen molar-refractivity contribution in [1.82, 2.24) is 4.90 Å². The Hall–Kier alpha value is -2.24. The zero-order valence-corrected chi connectivity index (χ0v) is 17.6. The van der Waals surface area contributed by atoms with E-state index in [1.165, 1.54) is 0 Å². The third-order valence-electron chi connectivity index (χ3n) is 4.04. The topological polar surface area (TPSA) is 61.4 Å². The van der Waals surface area contributed by atoms with Crippen LogP contribution in [0.15, 0.2) is 42.5 Å². The number of hydrogen-bond acceptors (Lipinski definition) is 3. The van der Waals surface area contributed by atoms with Gasteiger partial charge in [-0.25, -0.2) is 0 Å². The van der Waals surface area contributed by atoms with Crippen LogP contribution < -0.4 is 10.6 Å². The number of carbonyl (C=O) groups is 2. The van der Waals surface area contributed by atoms with E-state index in [0.29, 0.717) is 27.0 Å². The summed E-state index contributed by atoms with van der Waals surface area (Å²) in [7, 11) is 0. The third-order valence-corrected chi connectivity index (χ3v) is 4.78. The van der Waals surface area contributed by atoms with E-state index in [0.717, 1.165) is 25.9 Å². The summed E-state index contributed by atoms with van der Waals surface area (Å²) in [6, 6.07) is 12.1. The van der Waals surface area contributed by atoms with Gasteiger partial charge in [-0.15, -0.1) is 0 Å². The van der Waals surface area contributed by atoms with Gasteiger partial charge in [-0.1, -0.05) is 43.1 Å². The first-order valence-corrected chi connectivity index (χ1v) is 10.1. The lowest BCUT2D eigenvalue weighted by Crippen LogP contribution is -2.32. The third kappa shape index (κ3) is 6.43. The van der Waals surface area contributed by atoms with Crippen molar-refractivity contribution in [3.05, 3.63) is 58.1 Å². The number of carbonyl (C=O) groups excluding carboxylic acids is 2. The maximum Gasteiger partial charge on any atom is 0.253 e. The first kappa shape index (κ1) is 22.1. The molecule has 2 amide bonds. The van der Waals surface area contributed by atoms with Crippen LogP contribution in [0.3, 0.4) is 0 Å². The highest BCUT2D eigenvalue weighted by Gasteiger charge is 2.15. The predicted octanol–water partition coefficient (Wildman–Crippen LogP) is 5.31. The molecule has 0 fully saturated rings. The van der Waals surface area contributed by atoms with Crippen LogP contribution >= 0.6 is 23.2 Å². The molecule has 0 aliphatic heterocycles. The molecule has 0 aromatic heterocycles. The lowest BCUT2D eigenvalue weighted by Gasteiger charge is -2.21. The van der Waals surface area contributed by atoms with Gasteiger partial charge < -0.3 is 15.5 Å². The van der Waals surface area contributed by atoms with Gasteiger partial charge in [-0.05, 0) is 49.2 Å². The average molecular weight is 422 g/mol. The van der Waals surface area contributed by atoms with Gasteiger partial charge >= 0.3 is 0 Å². The van der Waals surface area contributed by atoms with Crippen molar-refractivity contribution in [2.24, 2.45) is 0 Å². The summed E-state index contributed by atoms with van der Waals surface area (Å²) in [4.78, 5) is 26.8. The van der Waals surface area contributed by atoms with Gasteiger partial charge in [0.25, 0.3) is 5.91 Å². The zero-order valence-electron chi connectivity index (χ0n) is 16.1. The van der Waals surface area contributed by atoms with Crippen molar-refractivity contribution in [3.8, 4) is 0 Å². The first-order valence-electron chi connectivity index (χ1n) is 9.32. The molecule has 28 heavy (non-hydrogen) atoms. The second-order valence-corrected chi connectivity index (χ2v) is 7.22. The smallest absolute Gasteiger partial charge is 0.253 e. The summed E-state index contributed by atoms with van der Waals surface area (Å²) in [5.74, 6) is -0.247. The minimum Gasteiger partial charge on any atom is -0.376 e. The average Bonchev–Trinajstić information content (AvgIpc) is 2.68. The van der Waals surface area contributed by atoms with Crippen molar-refractivity contribution in [2.45, 2.75) is 26.7 Å². The molecule has 2 aromatic carbocycles. The fourth-order valence-corrected chi connectivity index (χ4v) is 3.06. The SMILES string of the molecule is CCCN(CCC)C(=O)c1cccc(NC(=O)CNc2ccc(Cl)c(Cl)c2)c1. The molecule has 0 saturated heterocycles. The summed E-state index contributed by atoms with van der Waals surface area (Å²) in [6.45, 7) is 5.60. The van der Waals surface area contributed by atoms with Gasteiger partial charge in [-0.2, -0.15) is 0 Å². The molecule has 0 aliphatic rings. The zero-order chi connectivity index (χ0) is 20.5. The number of anilines is 2. The predicted molar refractivity (Wildman–Crippen MR) is 117 cm³/mol. The normalized spacial score (nSPS) is 10.4. The minimum atomic E-state index is -0.227. The van der Waals surface area contributed by atoms with E-state index in [1.807, 2.05) is 18.7 Å². The highest BCUT2D eigenvalue weighted by atomic mass is 35.5. The van der Waals surface area contributed by atoms with Crippen molar-refractivity contribution >= 4 is 46.4 Å². The van der Waals surface area contributed by atoms with E-state index in [2.05, 4.69) is 10.6 Å². The second kappa shape index (κ2) is 10.9. The second-order valence-electron chi connectivity index (χ2n) is 6.40. The molecular formula is C21H25Cl2N3O2. The molecule has 2 aromatic rings. The van der Waals surface area contributed by atoms with Crippen LogP contribution in [0.25, 0.3) is 0 Å². The van der Waals surface area contributed by atoms with Gasteiger partial charge in [0.05, 0.1) is 16.6 Å². The molecule has 0 atom stereocenters. The molecule has 0 aliphatic carbocycles. The van der Waals surface area contributed by atoms with E-state index in [1.54, 1.807) is 42.5 Å². The lowest BCUT2D eigenvalue weighted by atomic mass is 10.1. The van der Waals surface area contributed by atoms with Crippen LogP contribution in [0.5, 0.6) is 0 Å². The van der Waals surface area contributed by atoms with Crippen LogP contribution in [0.2, 0.25) is 10.0 Å². The number of halogens is 2. The van der Waals surface area contributed by atoms with Crippen molar-refractivity contribution in [1.29, 1.82) is 0 Å². The van der Waals surface area contributed by atoms with Crippen molar-refractivity contribution in [3.63, 3.8) is 0 Å². The maximum atomic E-state index is 12.7. The Morgan fingerprint density at radius 2 is 1.64 bits per heavy atom. The van der Waals surface area contributed by atoms with Crippen molar-refractivity contribution in [2.75, 3.05) is 30.3 Å². The molecular weight excluding hydrogens is 397 g/mol. The van der Waals surface area contributed by atoms with E-state index in [4.69, 9.17) is 23.2 Å². The molecule has 0 saturated carbocycles. The quantitative estimate of drug-likeness (QED) is 0.576. The highest BCUT2D eigenvalue weighted by Crippen LogP contribution is 2.24. The Labute approximate surface area is 176 Å². The number of rotatable bonds is 9. The molecule has 150 valence electrons. The molecule has 7 heteroatoms. The van der Waals surface area contributed by atoms with Crippen LogP contribution in [0.4, 0.5) is 11.4 Å². The Morgan fingerprint density at radius 3 is 2.29 bits per heavy atom. The molecule has 0 spiro atoms. The monoisotopic (exact) mass is 421 g/mol. The highest BCUT2D eigenvalue weighted by molar-refractivity contribution is 6.42. The van der Waals surface area contributed by atoms with E-state index in [-0.39, 0.29) is 18.4 Å². The molecule has 0 bridgehead atoms. The molecule has 0 heterocycles. The van der Waals surface area contributed by atoms with Gasteiger partial charge in [0.1, 0.15) is 0 Å². The summed E-state index contributed by atoms with van der Waals surface area (Å²) < 4.78 is 0. The Kier molecular flexibility index (Phi) is 8.61. The summed E-state index contributed by atoms with van der Waals surface area (Å²) >= 11 is 11.9. The van der Waals surface area contributed by atoms with Gasteiger partial charge in [-0.3, -0.25) is 9.59 Å². The largest absolute Gasteiger partial charge is 0.376 e. The molecule has 0 unspecified atom stereocenters. The van der Waals surface area contributed by atoms with Crippen LogP contribution in [0.1, 0.15) is 37.0 Å². The molecule has 2 N–H and O–H groups in total. The summed E-state index contributed by atoms with van der Waals surface area (Å²) in [6.07, 6.45) is 1.81. The van der Waals surface area contributed by atoms with E-state index >= 15 is 0 Å². The summed E-state index contributed by atoms with van der Waals surface area (Å²) in [5, 5.41) is 6.67. The number of hydrogen-bond donors (Lipinski definition) is 2. The van der Waals surface area contributed by atoms with Gasteiger partial charge in [0.2, 0.25) is 5.91 Å². The van der Waals surface area contributed by atoms with Crippen LogP contribution in [-0.2, 0) is 4.79 Å². The number of benzene rings is 2. The van der Waals surface area contributed by atoms with Gasteiger partial charge in [0, 0.05) is 30.0 Å².